The van der Waals surface area contributed by atoms with Gasteiger partial charge in [0.25, 0.3) is 0 Å². The normalized spacial score (nSPS) is 12.0. The molecule has 144 valence electrons. The van der Waals surface area contributed by atoms with E-state index in [1.165, 1.54) is 23.5 Å². The Kier molecular flexibility index (Phi) is 4.34. The van der Waals surface area contributed by atoms with E-state index in [4.69, 9.17) is 0 Å². The van der Waals surface area contributed by atoms with Crippen LogP contribution in [-0.4, -0.2) is 24.9 Å². The van der Waals surface area contributed by atoms with E-state index in [2.05, 4.69) is 9.97 Å². The van der Waals surface area contributed by atoms with Crippen molar-refractivity contribution in [1.29, 1.82) is 0 Å². The second-order valence-electron chi connectivity index (χ2n) is 6.37. The molecule has 1 aromatic carbocycles. The van der Waals surface area contributed by atoms with Crippen molar-refractivity contribution in [2.24, 2.45) is 0 Å². The lowest BCUT2D eigenvalue weighted by Gasteiger charge is -2.11. The molecule has 0 saturated carbocycles. The number of aryl methyl sites for hydroxylation is 1. The fourth-order valence-electron chi connectivity index (χ4n) is 3.35. The van der Waals surface area contributed by atoms with Gasteiger partial charge in [0.1, 0.15) is 0 Å². The Morgan fingerprint density at radius 2 is 1.96 bits per heavy atom. The number of para-hydroxylation sites is 2. The van der Waals surface area contributed by atoms with Crippen molar-refractivity contribution < 1.29 is 18.0 Å². The molecule has 0 atom stereocenters. The molecule has 28 heavy (non-hydrogen) atoms. The number of imidazole rings is 1. The summed E-state index contributed by atoms with van der Waals surface area (Å²) in [5, 5.41) is 2.53. The van der Waals surface area contributed by atoms with Gasteiger partial charge in [-0.05, 0) is 32.0 Å². The van der Waals surface area contributed by atoms with Gasteiger partial charge in [0.15, 0.2) is 10.9 Å². The number of hydrogen-bond donors (Lipinski definition) is 0. The molecule has 0 aliphatic heterocycles. The fraction of sp³-hybridized carbons (Fsp3) is 0.211. The van der Waals surface area contributed by atoms with Crippen LogP contribution >= 0.6 is 11.3 Å². The van der Waals surface area contributed by atoms with Gasteiger partial charge in [-0.2, -0.15) is 13.2 Å². The molecule has 0 fully saturated rings. The van der Waals surface area contributed by atoms with Crippen LogP contribution in [0.1, 0.15) is 27.6 Å². The van der Waals surface area contributed by atoms with E-state index in [-0.39, 0.29) is 11.0 Å². The molecule has 0 radical (unpaired) electrons. The SMILES string of the molecule is Cc1cc(C(=O)Cn2c(C(F)(F)F)nc3ccccc32)c(C)n1-c1nccs1. The minimum absolute atomic E-state index is 0.205. The average Bonchev–Trinajstić information content (AvgIpc) is 3.33. The number of ketones is 1. The second-order valence-corrected chi connectivity index (χ2v) is 7.24. The van der Waals surface area contributed by atoms with Crippen LogP contribution in [0.3, 0.4) is 0 Å². The molecular weight excluding hydrogens is 389 g/mol. The summed E-state index contributed by atoms with van der Waals surface area (Å²) >= 11 is 1.42. The summed E-state index contributed by atoms with van der Waals surface area (Å²) in [5.74, 6) is -1.49. The lowest BCUT2D eigenvalue weighted by atomic mass is 10.1. The van der Waals surface area contributed by atoms with Gasteiger partial charge in [0.2, 0.25) is 5.82 Å². The quantitative estimate of drug-likeness (QED) is 0.459. The van der Waals surface area contributed by atoms with Gasteiger partial charge in [-0.15, -0.1) is 11.3 Å². The Morgan fingerprint density at radius 1 is 1.21 bits per heavy atom. The smallest absolute Gasteiger partial charge is 0.312 e. The van der Waals surface area contributed by atoms with E-state index in [0.29, 0.717) is 16.4 Å². The highest BCUT2D eigenvalue weighted by Gasteiger charge is 2.38. The van der Waals surface area contributed by atoms with Gasteiger partial charge in [0.05, 0.1) is 17.6 Å². The number of alkyl halides is 3. The van der Waals surface area contributed by atoms with Crippen LogP contribution in [0, 0.1) is 13.8 Å². The molecule has 9 heteroatoms. The number of carbonyl (C=O) groups excluding carboxylic acids is 1. The van der Waals surface area contributed by atoms with Gasteiger partial charge >= 0.3 is 6.18 Å². The third kappa shape index (κ3) is 3.01. The molecule has 0 saturated heterocycles. The van der Waals surface area contributed by atoms with E-state index < -0.39 is 24.3 Å². The molecule has 0 bridgehead atoms. The highest BCUT2D eigenvalue weighted by atomic mass is 32.1. The number of carbonyl (C=O) groups is 1. The predicted octanol–water partition coefficient (Wildman–Crippen LogP) is 4.80. The van der Waals surface area contributed by atoms with Crippen molar-refractivity contribution in [3.63, 3.8) is 0 Å². The van der Waals surface area contributed by atoms with Gasteiger partial charge < -0.3 is 4.57 Å². The van der Waals surface area contributed by atoms with Gasteiger partial charge in [-0.1, -0.05) is 12.1 Å². The molecule has 4 aromatic rings. The highest BCUT2D eigenvalue weighted by molar-refractivity contribution is 7.12. The van der Waals surface area contributed by atoms with E-state index in [0.717, 1.165) is 10.3 Å². The number of thiazole rings is 1. The van der Waals surface area contributed by atoms with Crippen LogP contribution in [0.2, 0.25) is 0 Å². The van der Waals surface area contributed by atoms with E-state index in [1.54, 1.807) is 31.3 Å². The molecular formula is C19H15F3N4OS. The van der Waals surface area contributed by atoms with Gasteiger partial charge in [0, 0.05) is 28.5 Å². The number of rotatable bonds is 4. The Morgan fingerprint density at radius 3 is 2.64 bits per heavy atom. The summed E-state index contributed by atoms with van der Waals surface area (Å²) in [6.07, 6.45) is -3.00. The number of halogens is 3. The molecule has 3 aromatic heterocycles. The van der Waals surface area contributed by atoms with Crippen LogP contribution < -0.4 is 0 Å². The molecule has 0 spiro atoms. The zero-order valence-electron chi connectivity index (χ0n) is 15.0. The molecule has 4 rings (SSSR count). The van der Waals surface area contributed by atoms with E-state index in [9.17, 15) is 18.0 Å². The number of Topliss-reactive ketones (excluding diaryl/α,β-unsaturated/α-hetero) is 1. The average molecular weight is 404 g/mol. The van der Waals surface area contributed by atoms with Crippen LogP contribution in [0.25, 0.3) is 16.2 Å². The molecule has 3 heterocycles. The van der Waals surface area contributed by atoms with Crippen LogP contribution in [-0.2, 0) is 12.7 Å². The molecule has 0 amide bonds. The number of benzene rings is 1. The number of hydrogen-bond acceptors (Lipinski definition) is 4. The van der Waals surface area contributed by atoms with Crippen molar-refractivity contribution >= 4 is 28.2 Å². The van der Waals surface area contributed by atoms with Crippen molar-refractivity contribution in [2.45, 2.75) is 26.6 Å². The Hall–Kier alpha value is -2.94. The monoisotopic (exact) mass is 404 g/mol. The maximum atomic E-state index is 13.5. The van der Waals surface area contributed by atoms with E-state index >= 15 is 0 Å². The Balaban J connectivity index is 1.77. The summed E-state index contributed by atoms with van der Waals surface area (Å²) in [5.41, 5.74) is 2.30. The maximum absolute atomic E-state index is 13.5. The third-order valence-electron chi connectivity index (χ3n) is 4.55. The van der Waals surface area contributed by atoms with Crippen molar-refractivity contribution in [1.82, 2.24) is 19.1 Å². The molecule has 0 aliphatic rings. The summed E-state index contributed by atoms with van der Waals surface area (Å²) in [6.45, 7) is 3.15. The Labute approximate surface area is 162 Å². The number of nitrogens with zero attached hydrogens (tertiary/aromatic N) is 4. The van der Waals surface area contributed by atoms with Crippen molar-refractivity contribution in [2.75, 3.05) is 0 Å². The minimum atomic E-state index is -4.66. The summed E-state index contributed by atoms with van der Waals surface area (Å²) in [7, 11) is 0. The standard InChI is InChI=1S/C19H15F3N4OS/c1-11-9-13(12(2)26(11)18-23-7-8-28-18)16(27)10-25-15-6-4-3-5-14(15)24-17(25)19(20,21)22/h3-9H,10H2,1-2H3. The zero-order valence-corrected chi connectivity index (χ0v) is 15.8. The number of fused-ring (bicyclic) bond motifs is 1. The topological polar surface area (TPSA) is 52.7 Å². The zero-order chi connectivity index (χ0) is 20.1. The first-order chi connectivity index (χ1) is 13.3. The highest BCUT2D eigenvalue weighted by Crippen LogP contribution is 2.32. The first kappa shape index (κ1) is 18.4. The minimum Gasteiger partial charge on any atom is -0.312 e. The second kappa shape index (κ2) is 6.59. The maximum Gasteiger partial charge on any atom is 0.449 e. The van der Waals surface area contributed by atoms with Crippen molar-refractivity contribution in [3.8, 4) is 5.13 Å². The fourth-order valence-corrected chi connectivity index (χ4v) is 4.10. The van der Waals surface area contributed by atoms with Gasteiger partial charge in [-0.25, -0.2) is 9.97 Å². The molecule has 0 N–H and O–H groups in total. The summed E-state index contributed by atoms with van der Waals surface area (Å²) < 4.78 is 43.2. The molecule has 0 aliphatic carbocycles. The first-order valence-electron chi connectivity index (χ1n) is 8.42. The number of aromatic nitrogens is 4. The van der Waals surface area contributed by atoms with Crippen LogP contribution in [0.15, 0.2) is 41.9 Å². The molecule has 0 unspecified atom stereocenters. The summed E-state index contributed by atoms with van der Waals surface area (Å²) in [4.78, 5) is 20.9. The third-order valence-corrected chi connectivity index (χ3v) is 5.31. The molecule has 5 nitrogen and oxygen atoms in total. The lowest BCUT2D eigenvalue weighted by Crippen LogP contribution is -2.19. The summed E-state index contributed by atoms with van der Waals surface area (Å²) in [6, 6.07) is 7.96. The predicted molar refractivity (Wildman–Crippen MR) is 100.0 cm³/mol. The lowest BCUT2D eigenvalue weighted by molar-refractivity contribution is -0.146. The largest absolute Gasteiger partial charge is 0.449 e. The Bertz CT molecular complexity index is 1170. The van der Waals surface area contributed by atoms with Crippen molar-refractivity contribution in [3.05, 3.63) is 64.7 Å². The van der Waals surface area contributed by atoms with Crippen LogP contribution in [0.5, 0.6) is 0 Å². The van der Waals surface area contributed by atoms with E-state index in [1.807, 2.05) is 16.9 Å². The van der Waals surface area contributed by atoms with Crippen LogP contribution in [0.4, 0.5) is 13.2 Å². The first-order valence-corrected chi connectivity index (χ1v) is 9.30. The van der Waals surface area contributed by atoms with Gasteiger partial charge in [-0.3, -0.25) is 9.36 Å².